The van der Waals surface area contributed by atoms with Gasteiger partial charge in [-0.1, -0.05) is 0 Å². The Kier molecular flexibility index (Phi) is 10.0. The molecule has 0 saturated carbocycles. The van der Waals surface area contributed by atoms with E-state index >= 15 is 0 Å². The number of ether oxygens (including phenoxy) is 2. The number of unbranched alkanes of at least 4 members (excludes halogenated alkanes) is 2. The molecule has 0 aliphatic rings. The van der Waals surface area contributed by atoms with E-state index in [0.29, 0.717) is 0 Å². The average Bonchev–Trinajstić information content (AvgIpc) is 2.63. The van der Waals surface area contributed by atoms with Gasteiger partial charge in [0, 0.05) is 0 Å². The first kappa shape index (κ1) is 19.9. The van der Waals surface area contributed by atoms with Crippen molar-refractivity contribution in [2.24, 2.45) is 0 Å². The van der Waals surface area contributed by atoms with Crippen LogP contribution in [-0.2, 0) is 0 Å². The minimum absolute atomic E-state index is 0.0627. The Morgan fingerprint density at radius 1 is 0.625 bits per heavy atom. The van der Waals surface area contributed by atoms with Crippen molar-refractivity contribution in [2.45, 2.75) is 39.5 Å². The van der Waals surface area contributed by atoms with Gasteiger partial charge in [0.25, 0.3) is 0 Å². The van der Waals surface area contributed by atoms with E-state index in [9.17, 15) is 0 Å². The summed E-state index contributed by atoms with van der Waals surface area (Å²) in [4.78, 5) is 0. The second-order valence-corrected chi connectivity index (χ2v) is 15.5. The van der Waals surface area contributed by atoms with Gasteiger partial charge in [0.2, 0.25) is 0 Å². The minimum atomic E-state index is -0.0627. The fourth-order valence-electron chi connectivity index (χ4n) is 1.95. The second kappa shape index (κ2) is 12.1. The van der Waals surface area contributed by atoms with E-state index in [-0.39, 0.29) is 34.1 Å². The van der Waals surface area contributed by atoms with Crippen molar-refractivity contribution in [3.63, 3.8) is 0 Å². The first-order valence-electron chi connectivity index (χ1n) is 8.62. The van der Waals surface area contributed by atoms with E-state index in [2.05, 4.69) is 62.4 Å². The van der Waals surface area contributed by atoms with Crippen LogP contribution < -0.4 is 16.7 Å². The van der Waals surface area contributed by atoms with Crippen LogP contribution in [0.3, 0.4) is 0 Å². The average molecular weight is 554 g/mol. The van der Waals surface area contributed by atoms with Gasteiger partial charge in [-0.05, 0) is 0 Å². The third kappa shape index (κ3) is 7.67. The zero-order valence-electron chi connectivity index (χ0n) is 14.5. The molecule has 2 rings (SSSR count). The summed E-state index contributed by atoms with van der Waals surface area (Å²) < 4.78 is 14.5. The molecule has 0 atom stereocenters. The van der Waals surface area contributed by atoms with Crippen molar-refractivity contribution in [3.8, 4) is 11.5 Å². The third-order valence-corrected chi connectivity index (χ3v) is 15.3. The van der Waals surface area contributed by atoms with E-state index in [4.69, 9.17) is 9.47 Å². The van der Waals surface area contributed by atoms with Gasteiger partial charge in [0.1, 0.15) is 0 Å². The number of hydrogen-bond acceptors (Lipinski definition) is 2. The Hall–Kier alpha value is -0.381. The number of rotatable bonds is 11. The van der Waals surface area contributed by atoms with Crippen molar-refractivity contribution >= 4 is 41.3 Å². The van der Waals surface area contributed by atoms with Crippen LogP contribution in [0.25, 0.3) is 0 Å². The Balaban J connectivity index is 1.76. The SMILES string of the molecule is CCCCOc1ccc([Te][Te]c2ccc(OCCCC)cc2)cc1. The van der Waals surface area contributed by atoms with Crippen LogP contribution in [0.5, 0.6) is 11.5 Å². The quantitative estimate of drug-likeness (QED) is 0.314. The second-order valence-electron chi connectivity index (χ2n) is 5.51. The zero-order valence-corrected chi connectivity index (χ0v) is 19.2. The van der Waals surface area contributed by atoms with Gasteiger partial charge in [0.05, 0.1) is 0 Å². The molecule has 0 aliphatic heterocycles. The topological polar surface area (TPSA) is 18.5 Å². The number of hydrogen-bond donors (Lipinski definition) is 0. The van der Waals surface area contributed by atoms with Gasteiger partial charge in [-0.25, -0.2) is 0 Å². The van der Waals surface area contributed by atoms with Crippen LogP contribution >= 0.6 is 0 Å². The molecular formula is C20H26O2Te2. The molecule has 0 fully saturated rings. The molecule has 0 unspecified atom stereocenters. The van der Waals surface area contributed by atoms with Crippen molar-refractivity contribution < 1.29 is 9.47 Å². The molecule has 2 aromatic rings. The maximum atomic E-state index is 5.73. The molecule has 0 bridgehead atoms. The predicted octanol–water partition coefficient (Wildman–Crippen LogP) is 3.32. The Bertz CT molecular complexity index is 514. The molecule has 0 saturated heterocycles. The molecule has 2 nitrogen and oxygen atoms in total. The van der Waals surface area contributed by atoms with Gasteiger partial charge in [-0.2, -0.15) is 0 Å². The standard InChI is InChI=1S/C20H26O2Te2/c1-3-5-15-21-17-7-11-19(12-8-17)23-24-20-13-9-18(10-14-20)22-16-6-4-2/h7-14H,3-6,15-16H2,1-2H3. The van der Waals surface area contributed by atoms with Crippen LogP contribution in [0, 0.1) is 0 Å². The summed E-state index contributed by atoms with van der Waals surface area (Å²) in [6.45, 7) is 6.03. The summed E-state index contributed by atoms with van der Waals surface area (Å²) in [5, 5.41) is 0. The summed E-state index contributed by atoms with van der Waals surface area (Å²) in [5.74, 6) is 2.02. The van der Waals surface area contributed by atoms with E-state index in [1.807, 2.05) is 0 Å². The Labute approximate surface area is 162 Å². The molecule has 2 aromatic carbocycles. The molecule has 0 amide bonds. The summed E-state index contributed by atoms with van der Waals surface area (Å²) in [6.07, 6.45) is 4.61. The normalized spacial score (nSPS) is 10.6. The molecule has 0 aliphatic carbocycles. The van der Waals surface area contributed by atoms with E-state index in [0.717, 1.165) is 37.6 Å². The molecule has 4 heteroatoms. The molecular weight excluding hydrogens is 527 g/mol. The predicted molar refractivity (Wildman–Crippen MR) is 104 cm³/mol. The van der Waals surface area contributed by atoms with Crippen LogP contribution in [0.1, 0.15) is 39.5 Å². The monoisotopic (exact) mass is 558 g/mol. The number of benzene rings is 2. The van der Waals surface area contributed by atoms with Crippen LogP contribution in [0.15, 0.2) is 48.5 Å². The Morgan fingerprint density at radius 3 is 1.33 bits per heavy atom. The van der Waals surface area contributed by atoms with Crippen LogP contribution in [0.2, 0.25) is 0 Å². The molecule has 0 aromatic heterocycles. The fourth-order valence-corrected chi connectivity index (χ4v) is 11.8. The Morgan fingerprint density at radius 2 is 1.00 bits per heavy atom. The summed E-state index contributed by atoms with van der Waals surface area (Å²) in [5.41, 5.74) is 0. The first-order chi connectivity index (χ1) is 11.8. The summed E-state index contributed by atoms with van der Waals surface area (Å²) in [7, 11) is 0. The summed E-state index contributed by atoms with van der Waals surface area (Å²) in [6, 6.07) is 17.6. The maximum absolute atomic E-state index is 5.73. The fraction of sp³-hybridized carbons (Fsp3) is 0.400. The molecule has 0 N–H and O–H groups in total. The zero-order chi connectivity index (χ0) is 17.0. The van der Waals surface area contributed by atoms with E-state index in [1.165, 1.54) is 20.1 Å². The molecule has 0 radical (unpaired) electrons. The van der Waals surface area contributed by atoms with E-state index in [1.54, 1.807) is 0 Å². The van der Waals surface area contributed by atoms with Gasteiger partial charge in [-0.15, -0.1) is 0 Å². The van der Waals surface area contributed by atoms with Gasteiger partial charge >= 0.3 is 164 Å². The van der Waals surface area contributed by atoms with Crippen molar-refractivity contribution in [1.29, 1.82) is 0 Å². The van der Waals surface area contributed by atoms with Crippen LogP contribution in [0.4, 0.5) is 0 Å². The van der Waals surface area contributed by atoms with E-state index < -0.39 is 0 Å². The molecule has 0 spiro atoms. The van der Waals surface area contributed by atoms with Crippen molar-refractivity contribution in [2.75, 3.05) is 13.2 Å². The first-order valence-corrected chi connectivity index (χ1v) is 18.3. The van der Waals surface area contributed by atoms with Gasteiger partial charge in [-0.3, -0.25) is 0 Å². The van der Waals surface area contributed by atoms with Crippen molar-refractivity contribution in [1.82, 2.24) is 0 Å². The molecule has 24 heavy (non-hydrogen) atoms. The molecule has 0 heterocycles. The third-order valence-electron chi connectivity index (χ3n) is 3.41. The van der Waals surface area contributed by atoms with Crippen LogP contribution in [-0.4, -0.2) is 47.3 Å². The molecule has 130 valence electrons. The van der Waals surface area contributed by atoms with Gasteiger partial charge < -0.3 is 0 Å². The van der Waals surface area contributed by atoms with Gasteiger partial charge in [0.15, 0.2) is 0 Å². The van der Waals surface area contributed by atoms with Crippen molar-refractivity contribution in [3.05, 3.63) is 48.5 Å². The summed E-state index contributed by atoms with van der Waals surface area (Å²) >= 11 is -0.125.